The molecule has 1 aliphatic carbocycles. The maximum Gasteiger partial charge on any atom is 0.159 e. The van der Waals surface area contributed by atoms with E-state index < -0.39 is 6.17 Å². The molecule has 0 amide bonds. The molecule has 1 N–H and O–H groups in total. The van der Waals surface area contributed by atoms with Crippen LogP contribution in [0.4, 0.5) is 0 Å². The first kappa shape index (κ1) is 43.4. The number of aromatic nitrogens is 3. The van der Waals surface area contributed by atoms with E-state index in [4.69, 9.17) is 9.98 Å². The Hall–Kier alpha value is -10.0. The van der Waals surface area contributed by atoms with Crippen molar-refractivity contribution < 1.29 is 0 Å². The summed E-state index contributed by atoms with van der Waals surface area (Å²) in [5.74, 6) is 1.67. The van der Waals surface area contributed by atoms with Crippen LogP contribution in [0.1, 0.15) is 45.5 Å². The Balaban J connectivity index is 0.834. The number of nitrogens with one attached hydrogen (secondary N) is 1. The van der Waals surface area contributed by atoms with Crippen molar-refractivity contribution in [2.24, 2.45) is 9.98 Å². The van der Waals surface area contributed by atoms with Crippen molar-refractivity contribution in [1.29, 1.82) is 0 Å². The van der Waals surface area contributed by atoms with Gasteiger partial charge in [0.25, 0.3) is 0 Å². The third-order valence-electron chi connectivity index (χ3n) is 16.3. The lowest BCUT2D eigenvalue weighted by atomic mass is 9.75. The van der Waals surface area contributed by atoms with Gasteiger partial charge >= 0.3 is 0 Å². The number of hydrogen-bond donors (Lipinski definition) is 1. The van der Waals surface area contributed by atoms with Gasteiger partial charge in [0.15, 0.2) is 5.84 Å². The molecule has 0 saturated heterocycles. The standard InChI is InChI=1S/C71H48N6/c1-2-20-45(21-3-1)69-72-70(56-30-12-18-36-65(56)76-63-34-16-10-28-54(63)59-43-47(38-40-67(59)76)58-42-46-22-4-5-23-49(46)50-24-6-7-25-51(50)58)74-71(73-69)57-31-13-19-37-66(57)77-64-35-17-11-29-55(64)60-44-48(39-41-68(60)77)75-61-32-14-8-26-52(61)53-27-9-15-33-62(53)75/h1-41,43-44,58,70H,42H2,(H,72,73,74). The van der Waals surface area contributed by atoms with Crippen LogP contribution in [0.25, 0.3) is 93.6 Å². The van der Waals surface area contributed by atoms with Crippen LogP contribution in [0.3, 0.4) is 0 Å². The van der Waals surface area contributed by atoms with Gasteiger partial charge in [0.1, 0.15) is 12.0 Å². The number of aliphatic imine (C=N–C) groups is 2. The van der Waals surface area contributed by atoms with E-state index in [-0.39, 0.29) is 5.92 Å². The molecule has 14 aromatic rings. The van der Waals surface area contributed by atoms with E-state index in [1.165, 1.54) is 71.2 Å². The second-order valence-corrected chi connectivity index (χ2v) is 20.5. The molecule has 16 rings (SSSR count). The highest BCUT2D eigenvalue weighted by molar-refractivity contribution is 6.17. The fourth-order valence-electron chi connectivity index (χ4n) is 12.9. The van der Waals surface area contributed by atoms with Crippen LogP contribution in [-0.4, -0.2) is 25.4 Å². The fourth-order valence-corrected chi connectivity index (χ4v) is 12.9. The summed E-state index contributed by atoms with van der Waals surface area (Å²) in [6, 6.07) is 94.8. The Morgan fingerprint density at radius 3 is 1.56 bits per heavy atom. The summed E-state index contributed by atoms with van der Waals surface area (Å²) < 4.78 is 7.26. The molecule has 77 heavy (non-hydrogen) atoms. The topological polar surface area (TPSA) is 51.5 Å². The molecule has 6 nitrogen and oxygen atoms in total. The largest absolute Gasteiger partial charge is 0.344 e. The zero-order valence-electron chi connectivity index (χ0n) is 41.9. The minimum absolute atomic E-state index is 0.240. The molecular formula is C71H48N6. The molecule has 362 valence electrons. The maximum atomic E-state index is 5.51. The van der Waals surface area contributed by atoms with Gasteiger partial charge in [-0.3, -0.25) is 0 Å². The summed E-state index contributed by atoms with van der Waals surface area (Å²) >= 11 is 0. The number of hydrogen-bond acceptors (Lipinski definition) is 3. The smallest absolute Gasteiger partial charge is 0.159 e. The van der Waals surface area contributed by atoms with E-state index in [2.05, 4.69) is 274 Å². The molecule has 1 aliphatic heterocycles. The first-order valence-corrected chi connectivity index (χ1v) is 26.6. The molecule has 4 heterocycles. The van der Waals surface area contributed by atoms with Gasteiger partial charge in [-0.15, -0.1) is 0 Å². The Morgan fingerprint density at radius 1 is 0.364 bits per heavy atom. The Kier molecular flexibility index (Phi) is 9.73. The molecule has 0 fully saturated rings. The highest BCUT2D eigenvalue weighted by Gasteiger charge is 2.29. The minimum atomic E-state index is -0.483. The Morgan fingerprint density at radius 2 is 0.857 bits per heavy atom. The van der Waals surface area contributed by atoms with Crippen LogP contribution < -0.4 is 5.32 Å². The van der Waals surface area contributed by atoms with Gasteiger partial charge in [-0.2, -0.15) is 0 Å². The number of fused-ring (bicyclic) bond motifs is 12. The molecule has 2 atom stereocenters. The summed E-state index contributed by atoms with van der Waals surface area (Å²) in [7, 11) is 0. The summed E-state index contributed by atoms with van der Waals surface area (Å²) in [4.78, 5) is 11.0. The zero-order valence-corrected chi connectivity index (χ0v) is 41.9. The predicted octanol–water partition coefficient (Wildman–Crippen LogP) is 16.8. The number of para-hydroxylation sites is 6. The van der Waals surface area contributed by atoms with E-state index in [0.29, 0.717) is 5.84 Å². The van der Waals surface area contributed by atoms with Crippen LogP contribution in [-0.2, 0) is 6.42 Å². The molecule has 0 saturated carbocycles. The molecular weight excluding hydrogens is 937 g/mol. The van der Waals surface area contributed by atoms with Crippen molar-refractivity contribution in [3.8, 4) is 28.2 Å². The second kappa shape index (κ2) is 17.3. The van der Waals surface area contributed by atoms with E-state index in [1.807, 2.05) is 6.07 Å². The number of rotatable bonds is 7. The number of benzene rings is 11. The number of nitrogens with zero attached hydrogens (tertiary/aromatic N) is 5. The van der Waals surface area contributed by atoms with Gasteiger partial charge in [0.05, 0.1) is 44.5 Å². The first-order valence-electron chi connectivity index (χ1n) is 26.6. The maximum absolute atomic E-state index is 5.51. The first-order chi connectivity index (χ1) is 38.2. The summed E-state index contributed by atoms with van der Waals surface area (Å²) in [6.07, 6.45) is 0.479. The highest BCUT2D eigenvalue weighted by Crippen LogP contribution is 2.45. The molecule has 0 bridgehead atoms. The Labute approximate surface area is 444 Å². The summed E-state index contributed by atoms with van der Waals surface area (Å²) in [5.41, 5.74) is 19.9. The van der Waals surface area contributed by atoms with Crippen LogP contribution >= 0.6 is 0 Å². The van der Waals surface area contributed by atoms with Gasteiger partial charge in [-0.25, -0.2) is 9.98 Å². The van der Waals surface area contributed by atoms with E-state index in [1.54, 1.807) is 0 Å². The molecule has 0 radical (unpaired) electrons. The Bertz CT molecular complexity index is 4720. The molecule has 2 aliphatic rings. The SMILES string of the molecule is c1ccc(C2=NC(c3ccccc3-n3c4ccccc4c4cc(C5Cc6ccccc6-c6ccccc65)ccc43)NC(c3ccccc3-n3c4ccccc4c4cc(-n5c6ccccc6c6ccccc65)ccc43)=N2)cc1. The molecule has 0 spiro atoms. The third kappa shape index (κ3) is 6.75. The highest BCUT2D eigenvalue weighted by atomic mass is 15.2. The lowest BCUT2D eigenvalue weighted by molar-refractivity contribution is 0.670. The number of amidine groups is 2. The minimum Gasteiger partial charge on any atom is -0.344 e. The molecule has 2 unspecified atom stereocenters. The monoisotopic (exact) mass is 984 g/mol. The van der Waals surface area contributed by atoms with Crippen LogP contribution in [0.15, 0.2) is 271 Å². The second-order valence-electron chi connectivity index (χ2n) is 20.5. The predicted molar refractivity (Wildman–Crippen MR) is 319 cm³/mol. The van der Waals surface area contributed by atoms with Crippen LogP contribution in [0.5, 0.6) is 0 Å². The van der Waals surface area contributed by atoms with Gasteiger partial charge in [0.2, 0.25) is 0 Å². The average molecular weight is 985 g/mol. The van der Waals surface area contributed by atoms with Crippen molar-refractivity contribution >= 4 is 77.1 Å². The lowest BCUT2D eigenvalue weighted by Gasteiger charge is -2.28. The van der Waals surface area contributed by atoms with E-state index in [9.17, 15) is 0 Å². The van der Waals surface area contributed by atoms with E-state index in [0.717, 1.165) is 68.1 Å². The van der Waals surface area contributed by atoms with Gasteiger partial charge < -0.3 is 19.0 Å². The van der Waals surface area contributed by atoms with E-state index >= 15 is 0 Å². The van der Waals surface area contributed by atoms with Crippen molar-refractivity contribution in [3.05, 3.63) is 294 Å². The fraction of sp³-hybridized carbons (Fsp3) is 0.0423. The zero-order chi connectivity index (χ0) is 50.6. The van der Waals surface area contributed by atoms with Crippen LogP contribution in [0, 0.1) is 0 Å². The van der Waals surface area contributed by atoms with Crippen molar-refractivity contribution in [2.45, 2.75) is 18.5 Å². The van der Waals surface area contributed by atoms with Gasteiger partial charge in [0, 0.05) is 60.6 Å². The molecule has 3 aromatic heterocycles. The molecule has 6 heteroatoms. The molecule has 11 aromatic carbocycles. The quantitative estimate of drug-likeness (QED) is 0.170. The van der Waals surface area contributed by atoms with Crippen molar-refractivity contribution in [1.82, 2.24) is 19.0 Å². The summed E-state index contributed by atoms with van der Waals surface area (Å²) in [5, 5.41) is 11.3. The van der Waals surface area contributed by atoms with Gasteiger partial charge in [-0.05, 0) is 107 Å². The van der Waals surface area contributed by atoms with Crippen LogP contribution in [0.2, 0.25) is 0 Å². The summed E-state index contributed by atoms with van der Waals surface area (Å²) in [6.45, 7) is 0. The van der Waals surface area contributed by atoms with Gasteiger partial charge in [-0.1, -0.05) is 188 Å². The van der Waals surface area contributed by atoms with Crippen molar-refractivity contribution in [2.75, 3.05) is 0 Å². The third-order valence-corrected chi connectivity index (χ3v) is 16.3. The normalized spacial score (nSPS) is 15.2. The van der Waals surface area contributed by atoms with Crippen molar-refractivity contribution in [3.63, 3.8) is 0 Å². The lowest BCUT2D eigenvalue weighted by Crippen LogP contribution is -2.34. The average Bonchev–Trinajstić information content (AvgIpc) is 4.32.